The van der Waals surface area contributed by atoms with Gasteiger partial charge in [-0.1, -0.05) is 70.5 Å². The molecule has 0 fully saturated rings. The Labute approximate surface area is 232 Å². The molecular weight excluding hydrogens is 570 g/mol. The number of para-hydroxylation sites is 2. The molecule has 0 saturated carbocycles. The molecule has 0 heterocycles. The van der Waals surface area contributed by atoms with Crippen molar-refractivity contribution in [2.24, 2.45) is 0 Å². The first-order chi connectivity index (χ1) is 18.1. The number of carbonyl (C=O) groups is 2. The summed E-state index contributed by atoms with van der Waals surface area (Å²) in [6, 6.07) is 22.6. The summed E-state index contributed by atoms with van der Waals surface area (Å²) in [4.78, 5) is 28.8. The third-order valence-corrected chi connectivity index (χ3v) is 7.52. The normalized spacial score (nSPS) is 11.9. The molecule has 0 unspecified atom stereocenters. The maximum Gasteiger partial charge on any atom is 0.244 e. The highest BCUT2D eigenvalue weighted by atomic mass is 79.9. The van der Waals surface area contributed by atoms with Gasteiger partial charge in [0.1, 0.15) is 18.3 Å². The van der Waals surface area contributed by atoms with Crippen molar-refractivity contribution in [2.75, 3.05) is 30.8 Å². The molecule has 3 aromatic rings. The molecule has 0 aliphatic heterocycles. The summed E-state index contributed by atoms with van der Waals surface area (Å²) < 4.78 is 33.0. The van der Waals surface area contributed by atoms with Gasteiger partial charge in [0.05, 0.1) is 19.1 Å². The first-order valence-corrected chi connectivity index (χ1v) is 14.7. The van der Waals surface area contributed by atoms with E-state index in [9.17, 15) is 18.0 Å². The van der Waals surface area contributed by atoms with Crippen molar-refractivity contribution < 1.29 is 22.7 Å². The molecule has 0 saturated heterocycles. The van der Waals surface area contributed by atoms with Crippen LogP contribution in [-0.4, -0.2) is 57.6 Å². The monoisotopic (exact) mass is 601 g/mol. The number of carbonyl (C=O) groups excluding carboxylic acids is 2. The van der Waals surface area contributed by atoms with Crippen LogP contribution >= 0.6 is 15.9 Å². The van der Waals surface area contributed by atoms with Gasteiger partial charge in [-0.2, -0.15) is 0 Å². The molecule has 8 nitrogen and oxygen atoms in total. The third-order valence-electron chi connectivity index (χ3n) is 5.90. The summed E-state index contributed by atoms with van der Waals surface area (Å²) in [5.74, 6) is -0.523. The molecule has 2 amide bonds. The molecule has 0 aliphatic carbocycles. The summed E-state index contributed by atoms with van der Waals surface area (Å²) in [6.45, 7) is 1.80. The fourth-order valence-corrected chi connectivity index (χ4v) is 5.41. The van der Waals surface area contributed by atoms with Gasteiger partial charge in [0, 0.05) is 24.0 Å². The van der Waals surface area contributed by atoms with E-state index in [1.165, 1.54) is 12.0 Å². The quantitative estimate of drug-likeness (QED) is 0.338. The molecule has 1 atom stereocenters. The van der Waals surface area contributed by atoms with Crippen LogP contribution in [0.4, 0.5) is 5.69 Å². The Bertz CT molecular complexity index is 1350. The number of amides is 2. The Hall–Kier alpha value is -3.37. The molecular formula is C28H32BrN3O5S. The second-order valence-corrected chi connectivity index (χ2v) is 11.5. The fraction of sp³-hybridized carbons (Fsp3) is 0.286. The van der Waals surface area contributed by atoms with E-state index in [4.69, 9.17) is 4.74 Å². The molecule has 0 aliphatic rings. The zero-order valence-electron chi connectivity index (χ0n) is 21.6. The summed E-state index contributed by atoms with van der Waals surface area (Å²) in [5, 5.41) is 2.84. The van der Waals surface area contributed by atoms with Crippen molar-refractivity contribution in [1.29, 1.82) is 0 Å². The topological polar surface area (TPSA) is 96.0 Å². The minimum Gasteiger partial charge on any atom is -0.495 e. The van der Waals surface area contributed by atoms with Crippen molar-refractivity contribution in [2.45, 2.75) is 25.9 Å². The van der Waals surface area contributed by atoms with Crippen molar-refractivity contribution in [3.05, 3.63) is 94.5 Å². The van der Waals surface area contributed by atoms with Crippen molar-refractivity contribution in [3.63, 3.8) is 0 Å². The van der Waals surface area contributed by atoms with E-state index in [1.54, 1.807) is 24.3 Å². The van der Waals surface area contributed by atoms with Gasteiger partial charge >= 0.3 is 0 Å². The van der Waals surface area contributed by atoms with Crippen LogP contribution in [0, 0.1) is 0 Å². The zero-order chi connectivity index (χ0) is 27.7. The molecule has 1 N–H and O–H groups in total. The lowest BCUT2D eigenvalue weighted by Crippen LogP contribution is -2.53. The van der Waals surface area contributed by atoms with Crippen LogP contribution in [0.15, 0.2) is 83.3 Å². The van der Waals surface area contributed by atoms with Gasteiger partial charge in [-0.25, -0.2) is 8.42 Å². The van der Waals surface area contributed by atoms with Gasteiger partial charge in [-0.3, -0.25) is 13.9 Å². The number of ether oxygens (including phenoxy) is 1. The highest BCUT2D eigenvalue weighted by Gasteiger charge is 2.33. The van der Waals surface area contributed by atoms with Crippen molar-refractivity contribution in [3.8, 4) is 5.75 Å². The number of halogens is 1. The Balaban J connectivity index is 2.06. The molecule has 3 aromatic carbocycles. The Morgan fingerprint density at radius 2 is 1.63 bits per heavy atom. The minimum atomic E-state index is -3.88. The van der Waals surface area contributed by atoms with E-state index in [0.717, 1.165) is 26.2 Å². The van der Waals surface area contributed by atoms with E-state index >= 15 is 0 Å². The number of nitrogens with one attached hydrogen (secondary N) is 1. The minimum absolute atomic E-state index is 0.108. The van der Waals surface area contributed by atoms with Gasteiger partial charge in [0.15, 0.2) is 0 Å². The summed E-state index contributed by atoms with van der Waals surface area (Å²) in [7, 11) is -2.44. The van der Waals surface area contributed by atoms with Crippen LogP contribution in [-0.2, 0) is 32.6 Å². The standard InChI is InChI=1S/C28H32BrN3O5S/c1-4-30-28(34)25(18-21-11-6-5-7-12-21)31(19-22-13-10-14-23(29)17-22)27(33)20-32(38(3,35)36)24-15-8-9-16-26(24)37-2/h5-17,25H,4,18-20H2,1-3H3,(H,30,34)/t25-/m1/s1. The largest absolute Gasteiger partial charge is 0.495 e. The van der Waals surface area contributed by atoms with Crippen molar-refractivity contribution >= 4 is 43.5 Å². The van der Waals surface area contributed by atoms with Gasteiger partial charge < -0.3 is 15.0 Å². The molecule has 0 aromatic heterocycles. The highest BCUT2D eigenvalue weighted by molar-refractivity contribution is 9.10. The molecule has 10 heteroatoms. The van der Waals surface area contributed by atoms with Crippen LogP contribution in [0.1, 0.15) is 18.1 Å². The Morgan fingerprint density at radius 1 is 0.974 bits per heavy atom. The van der Waals surface area contributed by atoms with Gasteiger partial charge in [0.2, 0.25) is 21.8 Å². The highest BCUT2D eigenvalue weighted by Crippen LogP contribution is 2.30. The van der Waals surface area contributed by atoms with E-state index in [2.05, 4.69) is 21.2 Å². The number of nitrogens with zero attached hydrogens (tertiary/aromatic N) is 2. The van der Waals surface area contributed by atoms with Crippen LogP contribution in [0.25, 0.3) is 0 Å². The number of hydrogen-bond acceptors (Lipinski definition) is 5. The number of sulfonamides is 1. The average molecular weight is 603 g/mol. The molecule has 38 heavy (non-hydrogen) atoms. The number of likely N-dealkylation sites (N-methyl/N-ethyl adjacent to an activating group) is 1. The van der Waals surface area contributed by atoms with Gasteiger partial charge in [-0.15, -0.1) is 0 Å². The predicted molar refractivity (Wildman–Crippen MR) is 152 cm³/mol. The molecule has 0 radical (unpaired) electrons. The van der Waals surface area contributed by atoms with Gasteiger partial charge in [-0.05, 0) is 42.3 Å². The number of hydrogen-bond donors (Lipinski definition) is 1. The van der Waals surface area contributed by atoms with Crippen molar-refractivity contribution in [1.82, 2.24) is 10.2 Å². The number of anilines is 1. The molecule has 202 valence electrons. The first-order valence-electron chi connectivity index (χ1n) is 12.1. The number of methoxy groups -OCH3 is 1. The Kier molecular flexibility index (Phi) is 10.3. The summed E-state index contributed by atoms with van der Waals surface area (Å²) in [5.41, 5.74) is 1.91. The van der Waals surface area contributed by atoms with E-state index in [-0.39, 0.29) is 24.6 Å². The zero-order valence-corrected chi connectivity index (χ0v) is 24.0. The summed E-state index contributed by atoms with van der Waals surface area (Å²) in [6.07, 6.45) is 1.30. The van der Waals surface area contributed by atoms with E-state index in [0.29, 0.717) is 12.3 Å². The lowest BCUT2D eigenvalue weighted by Gasteiger charge is -2.33. The lowest BCUT2D eigenvalue weighted by molar-refractivity contribution is -0.140. The lowest BCUT2D eigenvalue weighted by atomic mass is 10.0. The summed E-state index contributed by atoms with van der Waals surface area (Å²) >= 11 is 3.46. The maximum atomic E-state index is 14.0. The van der Waals surface area contributed by atoms with Crippen LogP contribution in [0.3, 0.4) is 0 Å². The first kappa shape index (κ1) is 29.2. The van der Waals surface area contributed by atoms with Crippen LogP contribution in [0.5, 0.6) is 5.75 Å². The van der Waals surface area contributed by atoms with Gasteiger partial charge in [0.25, 0.3) is 0 Å². The smallest absolute Gasteiger partial charge is 0.244 e. The Morgan fingerprint density at radius 3 is 2.26 bits per heavy atom. The predicted octanol–water partition coefficient (Wildman–Crippen LogP) is 4.00. The second kappa shape index (κ2) is 13.4. The average Bonchev–Trinajstić information content (AvgIpc) is 2.89. The SMILES string of the molecule is CCNC(=O)[C@@H](Cc1ccccc1)N(Cc1cccc(Br)c1)C(=O)CN(c1ccccc1OC)S(C)(=O)=O. The number of benzene rings is 3. The van der Waals surface area contributed by atoms with E-state index in [1.807, 2.05) is 61.5 Å². The van der Waals surface area contributed by atoms with Crippen LogP contribution in [0.2, 0.25) is 0 Å². The molecule has 3 rings (SSSR count). The third kappa shape index (κ3) is 7.82. The fourth-order valence-electron chi connectivity index (χ4n) is 4.11. The second-order valence-electron chi connectivity index (χ2n) is 8.69. The van der Waals surface area contributed by atoms with E-state index < -0.39 is 28.5 Å². The molecule has 0 spiro atoms. The molecule has 0 bridgehead atoms. The number of rotatable bonds is 12. The van der Waals surface area contributed by atoms with Crippen LogP contribution < -0.4 is 14.4 Å². The maximum absolute atomic E-state index is 14.0.